The number of ketones is 3. The van der Waals surface area contributed by atoms with Crippen LogP contribution in [0.2, 0.25) is 5.02 Å². The SMILES string of the molecule is CN1C[C@H](c2ccc(-c3ccc(Cl)cc3)o2)[C@@H](C(=O)c2ccc(Br)cc2)C12C(=O)c1ccccc1C2=O. The third kappa shape index (κ3) is 3.58. The van der Waals surface area contributed by atoms with Crippen LogP contribution in [0.4, 0.5) is 0 Å². The number of carbonyl (C=O) groups is 3. The number of likely N-dealkylation sites (N-methyl/N-ethyl adjacent to an activating group) is 1. The Labute approximate surface area is 227 Å². The van der Waals surface area contributed by atoms with Gasteiger partial charge in [0.15, 0.2) is 22.9 Å². The summed E-state index contributed by atoms with van der Waals surface area (Å²) in [4.78, 5) is 44.0. The number of fused-ring (bicyclic) bond motifs is 1. The lowest BCUT2D eigenvalue weighted by atomic mass is 9.71. The van der Waals surface area contributed by atoms with Gasteiger partial charge in [-0.25, -0.2) is 0 Å². The van der Waals surface area contributed by atoms with Crippen molar-refractivity contribution in [2.75, 3.05) is 13.6 Å². The summed E-state index contributed by atoms with van der Waals surface area (Å²) in [7, 11) is 1.74. The molecular weight excluding hydrogens is 554 g/mol. The van der Waals surface area contributed by atoms with Crippen LogP contribution in [0.25, 0.3) is 11.3 Å². The highest BCUT2D eigenvalue weighted by Crippen LogP contribution is 2.52. The van der Waals surface area contributed by atoms with E-state index in [9.17, 15) is 14.4 Å². The van der Waals surface area contributed by atoms with E-state index in [1.165, 1.54) is 0 Å². The summed E-state index contributed by atoms with van der Waals surface area (Å²) in [5.74, 6) is -1.23. The standard InChI is InChI=1S/C30H21BrClNO4/c1-33-16-23(25-15-14-24(37-25)17-8-12-20(32)13-9-17)26(27(34)18-6-10-19(31)11-7-18)30(33)28(35)21-4-2-3-5-22(21)29(30)36/h2-15,23,26H,16H2,1H3/t23-,26+/m1/s1. The first-order chi connectivity index (χ1) is 17.8. The van der Waals surface area contributed by atoms with E-state index in [1.54, 1.807) is 72.6 Å². The van der Waals surface area contributed by atoms with E-state index in [-0.39, 0.29) is 17.3 Å². The van der Waals surface area contributed by atoms with Gasteiger partial charge >= 0.3 is 0 Å². The van der Waals surface area contributed by atoms with Gasteiger partial charge in [-0.1, -0.05) is 63.9 Å². The van der Waals surface area contributed by atoms with E-state index in [4.69, 9.17) is 16.0 Å². The molecule has 37 heavy (non-hydrogen) atoms. The van der Waals surface area contributed by atoms with Gasteiger partial charge in [-0.15, -0.1) is 0 Å². The molecule has 0 bridgehead atoms. The van der Waals surface area contributed by atoms with E-state index >= 15 is 0 Å². The van der Waals surface area contributed by atoms with Gasteiger partial charge in [0.25, 0.3) is 0 Å². The van der Waals surface area contributed by atoms with Gasteiger partial charge in [0.2, 0.25) is 0 Å². The molecule has 1 aliphatic heterocycles. The molecule has 1 fully saturated rings. The molecule has 3 aromatic carbocycles. The van der Waals surface area contributed by atoms with Gasteiger partial charge in [-0.3, -0.25) is 19.3 Å². The van der Waals surface area contributed by atoms with Crippen molar-refractivity contribution in [1.82, 2.24) is 4.90 Å². The Morgan fingerprint density at radius 2 is 1.54 bits per heavy atom. The highest BCUT2D eigenvalue weighted by molar-refractivity contribution is 9.10. The van der Waals surface area contributed by atoms with E-state index in [0.29, 0.717) is 39.8 Å². The largest absolute Gasteiger partial charge is 0.461 e. The normalized spacial score (nSPS) is 20.5. The zero-order valence-corrected chi connectivity index (χ0v) is 22.1. The maximum Gasteiger partial charge on any atom is 0.192 e. The average Bonchev–Trinajstić information content (AvgIpc) is 3.57. The maximum atomic E-state index is 14.2. The molecule has 5 nitrogen and oxygen atoms in total. The van der Waals surface area contributed by atoms with E-state index < -0.39 is 17.4 Å². The topological polar surface area (TPSA) is 67.6 Å². The summed E-state index contributed by atoms with van der Waals surface area (Å²) in [5.41, 5.74) is 0.359. The molecule has 0 amide bonds. The van der Waals surface area contributed by atoms with Crippen LogP contribution in [0, 0.1) is 5.92 Å². The fourth-order valence-corrected chi connectivity index (χ4v) is 6.23. The number of carbonyl (C=O) groups excluding carboxylic acids is 3. The molecule has 1 aromatic heterocycles. The molecule has 0 saturated carbocycles. The molecule has 2 heterocycles. The number of hydrogen-bond donors (Lipinski definition) is 0. The lowest BCUT2D eigenvalue weighted by Gasteiger charge is -2.33. The van der Waals surface area contributed by atoms with Gasteiger partial charge in [-0.2, -0.15) is 0 Å². The minimum Gasteiger partial charge on any atom is -0.461 e. The summed E-state index contributed by atoms with van der Waals surface area (Å²) >= 11 is 9.45. The first-order valence-electron chi connectivity index (χ1n) is 11.9. The number of halogens is 2. The van der Waals surface area contributed by atoms with Crippen LogP contribution >= 0.6 is 27.5 Å². The Morgan fingerprint density at radius 3 is 2.16 bits per heavy atom. The molecule has 0 radical (unpaired) electrons. The van der Waals surface area contributed by atoms with Crippen LogP contribution < -0.4 is 0 Å². The molecule has 184 valence electrons. The van der Waals surface area contributed by atoms with Crippen LogP contribution in [0.15, 0.2) is 93.8 Å². The fraction of sp³-hybridized carbons (Fsp3) is 0.167. The Kier molecular flexibility index (Phi) is 5.79. The Morgan fingerprint density at radius 1 is 0.919 bits per heavy atom. The van der Waals surface area contributed by atoms with Crippen molar-refractivity contribution in [3.8, 4) is 11.3 Å². The minimum absolute atomic E-state index is 0.263. The van der Waals surface area contributed by atoms with Crippen LogP contribution in [0.1, 0.15) is 42.8 Å². The maximum absolute atomic E-state index is 14.2. The van der Waals surface area contributed by atoms with Gasteiger partial charge < -0.3 is 4.42 Å². The summed E-state index contributed by atoms with van der Waals surface area (Å²) in [6.45, 7) is 0.311. The van der Waals surface area contributed by atoms with Crippen LogP contribution in [-0.4, -0.2) is 41.4 Å². The lowest BCUT2D eigenvalue weighted by molar-refractivity contribution is 0.0514. The smallest absolute Gasteiger partial charge is 0.192 e. The Bertz CT molecular complexity index is 1520. The number of rotatable bonds is 4. The number of hydrogen-bond acceptors (Lipinski definition) is 5. The number of furan rings is 1. The Balaban J connectivity index is 1.49. The van der Waals surface area contributed by atoms with Crippen molar-refractivity contribution in [1.29, 1.82) is 0 Å². The molecule has 1 saturated heterocycles. The second kappa shape index (κ2) is 8.91. The quantitative estimate of drug-likeness (QED) is 0.200. The molecule has 7 heteroatoms. The first kappa shape index (κ1) is 24.0. The molecule has 1 spiro atoms. The highest BCUT2D eigenvalue weighted by atomic mass is 79.9. The summed E-state index contributed by atoms with van der Waals surface area (Å²) in [6, 6.07) is 24.8. The van der Waals surface area contributed by atoms with Crippen LogP contribution in [0.3, 0.4) is 0 Å². The fourth-order valence-electron chi connectivity index (χ4n) is 5.84. The van der Waals surface area contributed by atoms with E-state index in [1.807, 2.05) is 24.3 Å². The molecule has 0 N–H and O–H groups in total. The second-order valence-corrected chi connectivity index (χ2v) is 10.9. The number of nitrogens with zero attached hydrogens (tertiary/aromatic N) is 1. The van der Waals surface area contributed by atoms with Gasteiger partial charge in [0.1, 0.15) is 11.5 Å². The third-order valence-corrected chi connectivity index (χ3v) is 8.35. The summed E-state index contributed by atoms with van der Waals surface area (Å²) < 4.78 is 7.11. The molecule has 2 aliphatic rings. The number of likely N-dealkylation sites (tertiary alicyclic amines) is 1. The van der Waals surface area contributed by atoms with Crippen molar-refractivity contribution in [3.05, 3.63) is 117 Å². The average molecular weight is 575 g/mol. The highest BCUT2D eigenvalue weighted by Gasteiger charge is 2.68. The van der Waals surface area contributed by atoms with Crippen LogP contribution in [-0.2, 0) is 0 Å². The predicted molar refractivity (Wildman–Crippen MR) is 144 cm³/mol. The predicted octanol–water partition coefficient (Wildman–Crippen LogP) is 6.71. The van der Waals surface area contributed by atoms with Gasteiger partial charge in [0.05, 0.1) is 5.92 Å². The monoisotopic (exact) mass is 573 g/mol. The van der Waals surface area contributed by atoms with Gasteiger partial charge in [-0.05, 0) is 55.6 Å². The Hall–Kier alpha value is -3.32. The van der Waals surface area contributed by atoms with E-state index in [2.05, 4.69) is 15.9 Å². The van der Waals surface area contributed by atoms with Crippen molar-refractivity contribution < 1.29 is 18.8 Å². The molecule has 1 aliphatic carbocycles. The van der Waals surface area contributed by atoms with Crippen molar-refractivity contribution in [2.45, 2.75) is 11.5 Å². The molecular formula is C30H21BrClNO4. The minimum atomic E-state index is -1.63. The van der Waals surface area contributed by atoms with Crippen LogP contribution in [0.5, 0.6) is 0 Å². The zero-order valence-electron chi connectivity index (χ0n) is 19.8. The lowest BCUT2D eigenvalue weighted by Crippen LogP contribution is -2.57. The second-order valence-electron chi connectivity index (χ2n) is 9.51. The molecule has 6 rings (SSSR count). The molecule has 2 atom stereocenters. The molecule has 0 unspecified atom stereocenters. The number of benzene rings is 3. The summed E-state index contributed by atoms with van der Waals surface area (Å²) in [6.07, 6.45) is 0. The van der Waals surface area contributed by atoms with Crippen molar-refractivity contribution >= 4 is 44.9 Å². The summed E-state index contributed by atoms with van der Waals surface area (Å²) in [5, 5.41) is 0.618. The van der Waals surface area contributed by atoms with E-state index in [0.717, 1.165) is 10.0 Å². The molecule has 4 aromatic rings. The van der Waals surface area contributed by atoms with Crippen molar-refractivity contribution in [3.63, 3.8) is 0 Å². The first-order valence-corrected chi connectivity index (χ1v) is 13.0. The van der Waals surface area contributed by atoms with Gasteiger partial charge in [0, 0.05) is 44.2 Å². The zero-order chi connectivity index (χ0) is 25.9. The van der Waals surface area contributed by atoms with Crippen molar-refractivity contribution in [2.24, 2.45) is 5.92 Å². The number of Topliss-reactive ketones (excluding diaryl/α,β-unsaturated/α-hetero) is 3. The third-order valence-electron chi connectivity index (χ3n) is 7.57.